The van der Waals surface area contributed by atoms with Crippen molar-refractivity contribution in [3.05, 3.63) is 82.9 Å². The maximum atomic E-state index is 13.2. The largest absolute Gasteiger partial charge is 0.505 e. The van der Waals surface area contributed by atoms with E-state index in [-0.39, 0.29) is 22.0 Å². The zero-order valence-corrected chi connectivity index (χ0v) is 22.0. The summed E-state index contributed by atoms with van der Waals surface area (Å²) in [5.41, 5.74) is 0.515. The molecule has 1 amide bonds. The van der Waals surface area contributed by atoms with Gasteiger partial charge in [-0.05, 0) is 54.6 Å². The molecule has 0 aliphatic rings. The van der Waals surface area contributed by atoms with Gasteiger partial charge in [0.2, 0.25) is 0 Å². The van der Waals surface area contributed by atoms with Gasteiger partial charge < -0.3 is 15.2 Å². The second-order valence-electron chi connectivity index (χ2n) is 8.18. The smallest absolute Gasteiger partial charge is 0.296 e. The van der Waals surface area contributed by atoms with Crippen molar-refractivity contribution in [2.75, 3.05) is 11.9 Å². The Kier molecular flexibility index (Phi) is 7.96. The summed E-state index contributed by atoms with van der Waals surface area (Å²) in [4.78, 5) is 12.7. The molecule has 0 aliphatic heterocycles. The van der Waals surface area contributed by atoms with E-state index in [0.29, 0.717) is 40.8 Å². The predicted octanol–water partition coefficient (Wildman–Crippen LogP) is 7.07. The zero-order chi connectivity index (χ0) is 27.4. The summed E-state index contributed by atoms with van der Waals surface area (Å²) in [6.07, 6.45) is 0.467. The average Bonchev–Trinajstić information content (AvgIpc) is 2.88. The molecule has 11 heteroatoms. The van der Waals surface area contributed by atoms with E-state index in [1.165, 1.54) is 18.2 Å². The molecule has 0 aliphatic carbocycles. The zero-order valence-electron chi connectivity index (χ0n) is 20.5. The minimum Gasteiger partial charge on any atom is -0.505 e. The van der Waals surface area contributed by atoms with Gasteiger partial charge in [0.25, 0.3) is 16.0 Å². The Hall–Kier alpha value is -3.99. The van der Waals surface area contributed by atoms with Crippen LogP contribution in [0.4, 0.5) is 17.1 Å². The van der Waals surface area contributed by atoms with Gasteiger partial charge in [-0.3, -0.25) is 9.35 Å². The number of carbonyl (C=O) groups is 1. The Morgan fingerprint density at radius 3 is 2.39 bits per heavy atom. The summed E-state index contributed by atoms with van der Waals surface area (Å²) in [6, 6.07) is 18.0. The molecule has 0 saturated heterocycles. The fraction of sp³-hybridized carbons (Fsp3) is 0.148. The monoisotopic (exact) mass is 553 g/mol. The number of carbonyl (C=O) groups excluding carboxylic acids is 1. The molecule has 0 fully saturated rings. The van der Waals surface area contributed by atoms with E-state index in [4.69, 9.17) is 16.3 Å². The fourth-order valence-electron chi connectivity index (χ4n) is 3.86. The lowest BCUT2D eigenvalue weighted by Crippen LogP contribution is -2.13. The Balaban J connectivity index is 1.84. The third-order valence-corrected chi connectivity index (χ3v) is 6.85. The highest BCUT2D eigenvalue weighted by Gasteiger charge is 2.22. The Morgan fingerprint density at radius 2 is 1.68 bits per heavy atom. The average molecular weight is 554 g/mol. The number of nitrogens with zero attached hydrogens (tertiary/aromatic N) is 2. The Bertz CT molecular complexity index is 1670. The van der Waals surface area contributed by atoms with Crippen LogP contribution in [0.3, 0.4) is 0 Å². The molecule has 3 N–H and O–H groups in total. The van der Waals surface area contributed by atoms with Crippen LogP contribution in [0.25, 0.3) is 10.8 Å². The minimum atomic E-state index is -4.69. The van der Waals surface area contributed by atoms with Crippen LogP contribution in [0, 0.1) is 0 Å². The lowest BCUT2D eigenvalue weighted by atomic mass is 10.0. The number of hydrogen-bond donors (Lipinski definition) is 3. The van der Waals surface area contributed by atoms with Gasteiger partial charge in [-0.25, -0.2) is 0 Å². The number of amides is 1. The number of aromatic hydroxyl groups is 1. The Morgan fingerprint density at radius 1 is 1.00 bits per heavy atom. The van der Waals surface area contributed by atoms with E-state index >= 15 is 0 Å². The van der Waals surface area contributed by atoms with E-state index < -0.39 is 26.7 Å². The number of para-hydroxylation sites is 2. The lowest BCUT2D eigenvalue weighted by Gasteiger charge is -2.14. The van der Waals surface area contributed by atoms with Gasteiger partial charge in [-0.15, -0.1) is 10.2 Å². The number of aryl methyl sites for hydroxylation is 1. The molecule has 0 saturated carbocycles. The van der Waals surface area contributed by atoms with Gasteiger partial charge in [0.1, 0.15) is 22.0 Å². The molecule has 4 aromatic rings. The summed E-state index contributed by atoms with van der Waals surface area (Å²) < 4.78 is 39.4. The quantitative estimate of drug-likeness (QED) is 0.157. The number of nitrogens with one attached hydrogen (secondary N) is 1. The molecular formula is C27H24ClN3O6S. The number of fused-ring (bicyclic) bond motifs is 1. The number of phenols is 1. The van der Waals surface area contributed by atoms with Crippen LogP contribution in [0.15, 0.2) is 81.9 Å². The van der Waals surface area contributed by atoms with Crippen LogP contribution in [-0.2, 0) is 16.5 Å². The second kappa shape index (κ2) is 11.2. The lowest BCUT2D eigenvalue weighted by molar-refractivity contribution is 0.102. The first-order valence-corrected chi connectivity index (χ1v) is 13.4. The van der Waals surface area contributed by atoms with Crippen molar-refractivity contribution >= 4 is 55.5 Å². The summed E-state index contributed by atoms with van der Waals surface area (Å²) in [7, 11) is -4.69. The minimum absolute atomic E-state index is 0.0500. The molecule has 0 aromatic heterocycles. The molecule has 196 valence electrons. The van der Waals surface area contributed by atoms with E-state index in [1.54, 1.807) is 55.5 Å². The summed E-state index contributed by atoms with van der Waals surface area (Å²) in [6.45, 7) is 4.01. The van der Waals surface area contributed by atoms with Gasteiger partial charge in [0.15, 0.2) is 5.75 Å². The second-order valence-corrected chi connectivity index (χ2v) is 9.98. The molecule has 4 aromatic carbocycles. The van der Waals surface area contributed by atoms with Crippen molar-refractivity contribution < 1.29 is 27.6 Å². The van der Waals surface area contributed by atoms with E-state index in [1.807, 2.05) is 6.92 Å². The number of phenolic OH excluding ortho intramolecular Hbond substituents is 1. The molecular weight excluding hydrogens is 530 g/mol. The standard InChI is InChI=1S/C27H24ClN3O6S/c1-3-16-13-20(28)25(23(14-16)38(34,35)36)31-30-24-18-10-6-5-9-17(18)15-19(26(24)32)27(33)29-21-11-7-8-12-22(21)37-4-2/h5-15,32H,3-4H2,1-2H3,(H,29,33)(H,34,35,36). The molecule has 0 bridgehead atoms. The SMILES string of the molecule is CCOc1ccccc1NC(=O)c1cc2ccccc2c(N=Nc2c(Cl)cc(CC)cc2S(=O)(=O)O)c1O. The van der Waals surface area contributed by atoms with Crippen LogP contribution in [-0.4, -0.2) is 30.6 Å². The number of benzene rings is 4. The van der Waals surface area contributed by atoms with Gasteiger partial charge >= 0.3 is 0 Å². The molecule has 9 nitrogen and oxygen atoms in total. The molecule has 38 heavy (non-hydrogen) atoms. The van der Waals surface area contributed by atoms with Crippen molar-refractivity contribution in [2.24, 2.45) is 10.2 Å². The van der Waals surface area contributed by atoms with E-state index in [9.17, 15) is 22.9 Å². The van der Waals surface area contributed by atoms with Crippen LogP contribution in [0.5, 0.6) is 11.5 Å². The van der Waals surface area contributed by atoms with Crippen molar-refractivity contribution in [1.29, 1.82) is 0 Å². The van der Waals surface area contributed by atoms with Crippen molar-refractivity contribution in [1.82, 2.24) is 0 Å². The molecule has 0 radical (unpaired) electrons. The van der Waals surface area contributed by atoms with E-state index in [0.717, 1.165) is 0 Å². The summed E-state index contributed by atoms with van der Waals surface area (Å²) in [5.74, 6) is -0.638. The first kappa shape index (κ1) is 27.1. The first-order chi connectivity index (χ1) is 18.1. The highest BCUT2D eigenvalue weighted by Crippen LogP contribution is 2.42. The predicted molar refractivity (Wildman–Crippen MR) is 146 cm³/mol. The first-order valence-electron chi connectivity index (χ1n) is 11.6. The number of ether oxygens (including phenoxy) is 1. The topological polar surface area (TPSA) is 138 Å². The third-order valence-electron chi connectivity index (χ3n) is 5.70. The maximum absolute atomic E-state index is 13.2. The molecule has 0 atom stereocenters. The number of anilines is 1. The van der Waals surface area contributed by atoms with Gasteiger partial charge in [0, 0.05) is 5.39 Å². The van der Waals surface area contributed by atoms with Crippen molar-refractivity contribution in [2.45, 2.75) is 25.2 Å². The van der Waals surface area contributed by atoms with Crippen LogP contribution in [0.1, 0.15) is 29.8 Å². The number of rotatable bonds is 8. The van der Waals surface area contributed by atoms with Crippen LogP contribution >= 0.6 is 11.6 Å². The molecule has 0 spiro atoms. The number of halogens is 1. The summed E-state index contributed by atoms with van der Waals surface area (Å²) >= 11 is 6.29. The molecule has 4 rings (SSSR count). The third kappa shape index (κ3) is 5.62. The molecule has 0 unspecified atom stereocenters. The van der Waals surface area contributed by atoms with Gasteiger partial charge in [-0.1, -0.05) is 54.9 Å². The maximum Gasteiger partial charge on any atom is 0.296 e. The van der Waals surface area contributed by atoms with Crippen LogP contribution in [0.2, 0.25) is 5.02 Å². The van der Waals surface area contributed by atoms with Gasteiger partial charge in [-0.2, -0.15) is 8.42 Å². The fourth-order valence-corrected chi connectivity index (χ4v) is 4.89. The number of azo groups is 1. The highest BCUT2D eigenvalue weighted by molar-refractivity contribution is 7.86. The normalized spacial score (nSPS) is 11.7. The van der Waals surface area contributed by atoms with E-state index in [2.05, 4.69) is 15.5 Å². The number of hydrogen-bond acceptors (Lipinski definition) is 7. The summed E-state index contributed by atoms with van der Waals surface area (Å²) in [5, 5.41) is 22.9. The van der Waals surface area contributed by atoms with Crippen molar-refractivity contribution in [3.8, 4) is 11.5 Å². The Labute approximate surface area is 224 Å². The van der Waals surface area contributed by atoms with Crippen LogP contribution < -0.4 is 10.1 Å². The van der Waals surface area contributed by atoms with Crippen molar-refractivity contribution in [3.63, 3.8) is 0 Å². The molecule has 0 heterocycles. The highest BCUT2D eigenvalue weighted by atomic mass is 35.5. The van der Waals surface area contributed by atoms with Gasteiger partial charge in [0.05, 0.1) is 22.9 Å².